The van der Waals surface area contributed by atoms with Gasteiger partial charge in [-0.2, -0.15) is 0 Å². The zero-order chi connectivity index (χ0) is 11.3. The SMILES string of the molecule is CCCC(=O)Cc1cc(C)ccc1OC. The van der Waals surface area contributed by atoms with Crippen LogP contribution in [0.2, 0.25) is 0 Å². The number of carbonyl (C=O) groups excluding carboxylic acids is 1. The van der Waals surface area contributed by atoms with E-state index in [9.17, 15) is 4.79 Å². The molecule has 0 aliphatic carbocycles. The van der Waals surface area contributed by atoms with Crippen LogP contribution in [0.25, 0.3) is 0 Å². The average Bonchev–Trinajstić information content (AvgIpc) is 2.18. The van der Waals surface area contributed by atoms with E-state index in [0.29, 0.717) is 12.8 Å². The van der Waals surface area contributed by atoms with Crippen molar-refractivity contribution in [3.63, 3.8) is 0 Å². The Hall–Kier alpha value is -1.31. The van der Waals surface area contributed by atoms with E-state index in [-0.39, 0.29) is 5.78 Å². The van der Waals surface area contributed by atoms with Gasteiger partial charge in [0.25, 0.3) is 0 Å². The summed E-state index contributed by atoms with van der Waals surface area (Å²) in [6.07, 6.45) is 2.04. The lowest BCUT2D eigenvalue weighted by molar-refractivity contribution is -0.118. The Balaban J connectivity index is 2.82. The molecule has 0 fully saturated rings. The molecule has 0 aromatic heterocycles. The van der Waals surface area contributed by atoms with Crippen molar-refractivity contribution in [2.45, 2.75) is 33.1 Å². The van der Waals surface area contributed by atoms with Gasteiger partial charge in [-0.25, -0.2) is 0 Å². The van der Waals surface area contributed by atoms with Crippen LogP contribution in [0.15, 0.2) is 18.2 Å². The van der Waals surface area contributed by atoms with Gasteiger partial charge in [-0.1, -0.05) is 24.6 Å². The number of rotatable bonds is 5. The molecular weight excluding hydrogens is 188 g/mol. The summed E-state index contributed by atoms with van der Waals surface area (Å²) < 4.78 is 5.23. The summed E-state index contributed by atoms with van der Waals surface area (Å²) >= 11 is 0. The van der Waals surface area contributed by atoms with Crippen molar-refractivity contribution in [2.24, 2.45) is 0 Å². The quantitative estimate of drug-likeness (QED) is 0.740. The summed E-state index contributed by atoms with van der Waals surface area (Å²) in [6.45, 7) is 4.04. The minimum atomic E-state index is 0.279. The number of hydrogen-bond donors (Lipinski definition) is 0. The number of aryl methyl sites for hydroxylation is 1. The first-order valence-corrected chi connectivity index (χ1v) is 5.32. The fourth-order valence-electron chi connectivity index (χ4n) is 1.63. The van der Waals surface area contributed by atoms with Gasteiger partial charge in [-0.05, 0) is 19.4 Å². The van der Waals surface area contributed by atoms with E-state index in [4.69, 9.17) is 4.74 Å². The molecule has 0 N–H and O–H groups in total. The molecule has 0 saturated carbocycles. The summed E-state index contributed by atoms with van der Waals surface area (Å²) in [5.41, 5.74) is 2.16. The Kier molecular flexibility index (Phi) is 4.35. The number of carbonyl (C=O) groups is 1. The van der Waals surface area contributed by atoms with Crippen LogP contribution in [0, 0.1) is 6.92 Å². The number of benzene rings is 1. The Morgan fingerprint density at radius 1 is 1.40 bits per heavy atom. The summed E-state index contributed by atoms with van der Waals surface area (Å²) in [4.78, 5) is 11.5. The van der Waals surface area contributed by atoms with Crippen LogP contribution < -0.4 is 4.74 Å². The van der Waals surface area contributed by atoms with Crippen molar-refractivity contribution in [2.75, 3.05) is 7.11 Å². The molecule has 82 valence electrons. The van der Waals surface area contributed by atoms with Crippen molar-refractivity contribution in [1.82, 2.24) is 0 Å². The maximum absolute atomic E-state index is 11.5. The van der Waals surface area contributed by atoms with Crippen LogP contribution in [0.4, 0.5) is 0 Å². The van der Waals surface area contributed by atoms with Gasteiger partial charge in [0.2, 0.25) is 0 Å². The van der Waals surface area contributed by atoms with Gasteiger partial charge in [0.1, 0.15) is 11.5 Å². The Bertz CT molecular complexity index is 342. The molecule has 1 aromatic carbocycles. The molecule has 2 nitrogen and oxygen atoms in total. The third-order valence-electron chi connectivity index (χ3n) is 2.35. The van der Waals surface area contributed by atoms with E-state index in [1.54, 1.807) is 7.11 Å². The number of ether oxygens (including phenoxy) is 1. The van der Waals surface area contributed by atoms with Gasteiger partial charge in [0, 0.05) is 18.4 Å². The lowest BCUT2D eigenvalue weighted by atomic mass is 10.0. The van der Waals surface area contributed by atoms with Crippen LogP contribution in [0.1, 0.15) is 30.9 Å². The lowest BCUT2D eigenvalue weighted by Gasteiger charge is -2.08. The predicted molar refractivity (Wildman–Crippen MR) is 61.4 cm³/mol. The second kappa shape index (κ2) is 5.54. The molecule has 0 saturated heterocycles. The fraction of sp³-hybridized carbons (Fsp3) is 0.462. The number of methoxy groups -OCH3 is 1. The highest BCUT2D eigenvalue weighted by Gasteiger charge is 2.08. The third kappa shape index (κ3) is 3.39. The number of ketones is 1. The summed E-state index contributed by atoms with van der Waals surface area (Å²) in [6, 6.07) is 5.93. The smallest absolute Gasteiger partial charge is 0.137 e. The maximum atomic E-state index is 11.5. The van der Waals surface area contributed by atoms with Gasteiger partial charge in [0.15, 0.2) is 0 Å². The Morgan fingerprint density at radius 2 is 2.13 bits per heavy atom. The first-order valence-electron chi connectivity index (χ1n) is 5.32. The number of Topliss-reactive ketones (excluding diaryl/α,β-unsaturated/α-hetero) is 1. The molecule has 1 rings (SSSR count). The Labute approximate surface area is 91.3 Å². The zero-order valence-corrected chi connectivity index (χ0v) is 9.67. The molecule has 0 aliphatic heterocycles. The second-order valence-electron chi connectivity index (χ2n) is 3.78. The highest BCUT2D eigenvalue weighted by Crippen LogP contribution is 2.20. The second-order valence-corrected chi connectivity index (χ2v) is 3.78. The third-order valence-corrected chi connectivity index (χ3v) is 2.35. The lowest BCUT2D eigenvalue weighted by Crippen LogP contribution is -2.03. The molecule has 0 spiro atoms. The normalized spacial score (nSPS) is 10.1. The average molecular weight is 206 g/mol. The predicted octanol–water partition coefficient (Wildman–Crippen LogP) is 2.92. The molecule has 0 unspecified atom stereocenters. The summed E-state index contributed by atoms with van der Waals surface area (Å²) in [7, 11) is 1.64. The van der Waals surface area contributed by atoms with Crippen molar-refractivity contribution >= 4 is 5.78 Å². The van der Waals surface area contributed by atoms with Gasteiger partial charge in [-0.3, -0.25) is 4.79 Å². The fourth-order valence-corrected chi connectivity index (χ4v) is 1.63. The molecule has 1 aromatic rings. The first kappa shape index (κ1) is 11.8. The largest absolute Gasteiger partial charge is 0.496 e. The van der Waals surface area contributed by atoms with E-state index in [0.717, 1.165) is 23.3 Å². The monoisotopic (exact) mass is 206 g/mol. The van der Waals surface area contributed by atoms with Crippen LogP contribution in [0.3, 0.4) is 0 Å². The highest BCUT2D eigenvalue weighted by molar-refractivity contribution is 5.81. The van der Waals surface area contributed by atoms with Crippen LogP contribution >= 0.6 is 0 Å². The highest BCUT2D eigenvalue weighted by atomic mass is 16.5. The van der Waals surface area contributed by atoms with E-state index < -0.39 is 0 Å². The van der Waals surface area contributed by atoms with Crippen molar-refractivity contribution < 1.29 is 9.53 Å². The van der Waals surface area contributed by atoms with E-state index >= 15 is 0 Å². The van der Waals surface area contributed by atoms with Crippen LogP contribution in [-0.4, -0.2) is 12.9 Å². The minimum absolute atomic E-state index is 0.279. The standard InChI is InChI=1S/C13H18O2/c1-4-5-12(14)9-11-8-10(2)6-7-13(11)15-3/h6-8H,4-5,9H2,1-3H3. The maximum Gasteiger partial charge on any atom is 0.137 e. The van der Waals surface area contributed by atoms with Gasteiger partial charge < -0.3 is 4.74 Å². The molecule has 0 bridgehead atoms. The molecule has 0 atom stereocenters. The molecular formula is C13H18O2. The van der Waals surface area contributed by atoms with Gasteiger partial charge in [0.05, 0.1) is 7.11 Å². The molecule has 0 aliphatic rings. The van der Waals surface area contributed by atoms with Crippen LogP contribution in [0.5, 0.6) is 5.75 Å². The molecule has 2 heteroatoms. The van der Waals surface area contributed by atoms with Gasteiger partial charge >= 0.3 is 0 Å². The van der Waals surface area contributed by atoms with Crippen molar-refractivity contribution in [1.29, 1.82) is 0 Å². The molecule has 0 amide bonds. The zero-order valence-electron chi connectivity index (χ0n) is 9.67. The first-order chi connectivity index (χ1) is 7.17. The Morgan fingerprint density at radius 3 is 2.73 bits per heavy atom. The minimum Gasteiger partial charge on any atom is -0.496 e. The van der Waals surface area contributed by atoms with E-state index in [1.165, 1.54) is 0 Å². The van der Waals surface area contributed by atoms with E-state index in [1.807, 2.05) is 32.0 Å². The van der Waals surface area contributed by atoms with E-state index in [2.05, 4.69) is 0 Å². The van der Waals surface area contributed by atoms with Crippen LogP contribution in [-0.2, 0) is 11.2 Å². The topological polar surface area (TPSA) is 26.3 Å². The molecule has 0 heterocycles. The van der Waals surface area contributed by atoms with Gasteiger partial charge in [-0.15, -0.1) is 0 Å². The van der Waals surface area contributed by atoms with Crippen molar-refractivity contribution in [3.8, 4) is 5.75 Å². The van der Waals surface area contributed by atoms with Crippen molar-refractivity contribution in [3.05, 3.63) is 29.3 Å². The molecule has 0 radical (unpaired) electrons. The summed E-state index contributed by atoms with van der Waals surface area (Å²) in [5.74, 6) is 1.09. The number of hydrogen-bond acceptors (Lipinski definition) is 2. The summed E-state index contributed by atoms with van der Waals surface area (Å²) in [5, 5.41) is 0. The molecule has 15 heavy (non-hydrogen) atoms.